The number of hydrogen-bond acceptors (Lipinski definition) is 4. The van der Waals surface area contributed by atoms with E-state index < -0.39 is 0 Å². The Kier molecular flexibility index (Phi) is 4.79. The quantitative estimate of drug-likeness (QED) is 0.668. The van der Waals surface area contributed by atoms with Crippen molar-refractivity contribution < 1.29 is 13.5 Å². The van der Waals surface area contributed by atoms with Gasteiger partial charge in [-0.1, -0.05) is 0 Å². The minimum atomic E-state index is -0.238. The molecule has 0 bridgehead atoms. The van der Waals surface area contributed by atoms with Crippen LogP contribution in [0.25, 0.3) is 11.5 Å². The number of halogens is 1. The van der Waals surface area contributed by atoms with Gasteiger partial charge in [-0.25, -0.2) is 9.37 Å². The fourth-order valence-corrected chi connectivity index (χ4v) is 2.48. The molecule has 0 radical (unpaired) electrons. The van der Waals surface area contributed by atoms with Gasteiger partial charge in [0.05, 0.1) is 19.3 Å². The highest BCUT2D eigenvalue weighted by Crippen LogP contribution is 2.23. The molecule has 0 amide bonds. The highest BCUT2D eigenvalue weighted by molar-refractivity contribution is 5.55. The van der Waals surface area contributed by atoms with E-state index in [1.165, 1.54) is 12.1 Å². The standard InChI is InChI=1S/C19H19FN2O2/c1-3-22(17-8-6-15(20)7-9-17)12-16-13-24-19(21-16)14-4-10-18(23-2)11-5-14/h4-11,13H,3,12H2,1-2H3. The van der Waals surface area contributed by atoms with E-state index in [1.807, 2.05) is 31.2 Å². The highest BCUT2D eigenvalue weighted by Gasteiger charge is 2.11. The van der Waals surface area contributed by atoms with Crippen LogP contribution in [0.3, 0.4) is 0 Å². The lowest BCUT2D eigenvalue weighted by atomic mass is 10.2. The van der Waals surface area contributed by atoms with Gasteiger partial charge in [-0.2, -0.15) is 0 Å². The monoisotopic (exact) mass is 326 g/mol. The van der Waals surface area contributed by atoms with Crippen molar-refractivity contribution in [3.63, 3.8) is 0 Å². The van der Waals surface area contributed by atoms with Crippen LogP contribution in [-0.2, 0) is 6.54 Å². The summed E-state index contributed by atoms with van der Waals surface area (Å²) in [6.07, 6.45) is 1.66. The Hall–Kier alpha value is -2.82. The first-order chi connectivity index (χ1) is 11.7. The molecule has 1 aromatic heterocycles. The summed E-state index contributed by atoms with van der Waals surface area (Å²) in [4.78, 5) is 6.65. The van der Waals surface area contributed by atoms with E-state index >= 15 is 0 Å². The van der Waals surface area contributed by atoms with Gasteiger partial charge < -0.3 is 14.1 Å². The summed E-state index contributed by atoms with van der Waals surface area (Å²) in [5.41, 5.74) is 2.67. The zero-order valence-corrected chi connectivity index (χ0v) is 13.7. The second-order valence-corrected chi connectivity index (χ2v) is 5.36. The van der Waals surface area contributed by atoms with Gasteiger partial charge in [0, 0.05) is 17.8 Å². The zero-order valence-electron chi connectivity index (χ0n) is 13.7. The van der Waals surface area contributed by atoms with Gasteiger partial charge in [-0.05, 0) is 55.5 Å². The van der Waals surface area contributed by atoms with Crippen LogP contribution in [0, 0.1) is 5.82 Å². The van der Waals surface area contributed by atoms with Crippen molar-refractivity contribution >= 4 is 5.69 Å². The molecule has 5 heteroatoms. The summed E-state index contributed by atoms with van der Waals surface area (Å²) in [6.45, 7) is 3.44. The zero-order chi connectivity index (χ0) is 16.9. The van der Waals surface area contributed by atoms with Crippen molar-refractivity contribution in [2.75, 3.05) is 18.6 Å². The second-order valence-electron chi connectivity index (χ2n) is 5.36. The molecule has 0 spiro atoms. The lowest BCUT2D eigenvalue weighted by Gasteiger charge is -2.21. The Morgan fingerprint density at radius 1 is 1.08 bits per heavy atom. The number of methoxy groups -OCH3 is 1. The first-order valence-corrected chi connectivity index (χ1v) is 7.79. The molecule has 24 heavy (non-hydrogen) atoms. The molecule has 2 aromatic carbocycles. The number of oxazole rings is 1. The Balaban J connectivity index is 1.75. The number of nitrogens with zero attached hydrogens (tertiary/aromatic N) is 2. The van der Waals surface area contributed by atoms with Crippen LogP contribution < -0.4 is 9.64 Å². The number of ether oxygens (including phenoxy) is 1. The summed E-state index contributed by atoms with van der Waals surface area (Å²) in [6, 6.07) is 14.0. The van der Waals surface area contributed by atoms with Crippen molar-refractivity contribution in [2.45, 2.75) is 13.5 Å². The predicted octanol–water partition coefficient (Wildman–Crippen LogP) is 4.52. The van der Waals surface area contributed by atoms with E-state index in [0.29, 0.717) is 12.4 Å². The third kappa shape index (κ3) is 3.56. The number of hydrogen-bond donors (Lipinski definition) is 0. The van der Waals surface area contributed by atoms with Gasteiger partial charge in [0.2, 0.25) is 5.89 Å². The smallest absolute Gasteiger partial charge is 0.226 e. The third-order valence-electron chi connectivity index (χ3n) is 3.82. The molecule has 3 aromatic rings. The van der Waals surface area contributed by atoms with E-state index in [9.17, 15) is 4.39 Å². The van der Waals surface area contributed by atoms with Crippen molar-refractivity contribution in [1.29, 1.82) is 0 Å². The minimum Gasteiger partial charge on any atom is -0.497 e. The first kappa shape index (κ1) is 16.1. The summed E-state index contributed by atoms with van der Waals surface area (Å²) >= 11 is 0. The Labute approximate surface area is 140 Å². The lowest BCUT2D eigenvalue weighted by Crippen LogP contribution is -2.22. The molecule has 0 fully saturated rings. The van der Waals surface area contributed by atoms with E-state index in [0.717, 1.165) is 29.2 Å². The van der Waals surface area contributed by atoms with Crippen LogP contribution in [0.15, 0.2) is 59.2 Å². The van der Waals surface area contributed by atoms with Gasteiger partial charge in [0.25, 0.3) is 0 Å². The molecule has 0 aliphatic heterocycles. The molecule has 0 atom stereocenters. The van der Waals surface area contributed by atoms with E-state index in [2.05, 4.69) is 9.88 Å². The Morgan fingerprint density at radius 3 is 2.42 bits per heavy atom. The maximum Gasteiger partial charge on any atom is 0.226 e. The first-order valence-electron chi connectivity index (χ1n) is 7.79. The summed E-state index contributed by atoms with van der Waals surface area (Å²) in [7, 11) is 1.63. The largest absolute Gasteiger partial charge is 0.497 e. The molecular weight excluding hydrogens is 307 g/mol. The molecule has 1 heterocycles. The molecule has 0 saturated carbocycles. The van der Waals surface area contributed by atoms with Gasteiger partial charge >= 0.3 is 0 Å². The molecule has 0 aliphatic rings. The lowest BCUT2D eigenvalue weighted by molar-refractivity contribution is 0.415. The molecule has 0 saturated heterocycles. The molecule has 0 aliphatic carbocycles. The van der Waals surface area contributed by atoms with Gasteiger partial charge in [0.15, 0.2) is 0 Å². The molecule has 0 unspecified atom stereocenters. The van der Waals surface area contributed by atoms with Gasteiger partial charge in [-0.15, -0.1) is 0 Å². The normalized spacial score (nSPS) is 10.6. The molecular formula is C19H19FN2O2. The SMILES string of the molecule is CCN(Cc1coc(-c2ccc(OC)cc2)n1)c1ccc(F)cc1. The average molecular weight is 326 g/mol. The van der Waals surface area contributed by atoms with Crippen molar-refractivity contribution in [1.82, 2.24) is 4.98 Å². The third-order valence-corrected chi connectivity index (χ3v) is 3.82. The van der Waals surface area contributed by atoms with Gasteiger partial charge in [0.1, 0.15) is 17.8 Å². The van der Waals surface area contributed by atoms with Crippen LogP contribution in [0.5, 0.6) is 5.75 Å². The van der Waals surface area contributed by atoms with Crippen LogP contribution in [-0.4, -0.2) is 18.6 Å². The van der Waals surface area contributed by atoms with E-state index in [1.54, 1.807) is 25.5 Å². The second kappa shape index (κ2) is 7.17. The van der Waals surface area contributed by atoms with Crippen molar-refractivity contribution in [3.8, 4) is 17.2 Å². The minimum absolute atomic E-state index is 0.238. The Morgan fingerprint density at radius 2 is 1.79 bits per heavy atom. The Bertz CT molecular complexity index is 782. The number of anilines is 1. The highest BCUT2D eigenvalue weighted by atomic mass is 19.1. The number of benzene rings is 2. The van der Waals surface area contributed by atoms with Crippen LogP contribution in [0.2, 0.25) is 0 Å². The van der Waals surface area contributed by atoms with Gasteiger partial charge in [-0.3, -0.25) is 0 Å². The molecule has 3 rings (SSSR count). The predicted molar refractivity (Wildman–Crippen MR) is 91.6 cm³/mol. The van der Waals surface area contributed by atoms with Crippen LogP contribution in [0.4, 0.5) is 10.1 Å². The van der Waals surface area contributed by atoms with E-state index in [-0.39, 0.29) is 5.82 Å². The average Bonchev–Trinajstić information content (AvgIpc) is 3.09. The molecule has 4 nitrogen and oxygen atoms in total. The number of aromatic nitrogens is 1. The summed E-state index contributed by atoms with van der Waals surface area (Å²) < 4.78 is 23.8. The fourth-order valence-electron chi connectivity index (χ4n) is 2.48. The van der Waals surface area contributed by atoms with Crippen molar-refractivity contribution in [2.24, 2.45) is 0 Å². The van der Waals surface area contributed by atoms with Crippen LogP contribution in [0.1, 0.15) is 12.6 Å². The summed E-state index contributed by atoms with van der Waals surface area (Å²) in [5.74, 6) is 1.12. The molecule has 124 valence electrons. The van der Waals surface area contributed by atoms with E-state index in [4.69, 9.17) is 9.15 Å². The fraction of sp³-hybridized carbons (Fsp3) is 0.211. The number of rotatable bonds is 6. The molecule has 0 N–H and O–H groups in total. The van der Waals surface area contributed by atoms with Crippen molar-refractivity contribution in [3.05, 3.63) is 66.3 Å². The maximum atomic E-state index is 13.1. The summed E-state index contributed by atoms with van der Waals surface area (Å²) in [5, 5.41) is 0. The topological polar surface area (TPSA) is 38.5 Å². The maximum absolute atomic E-state index is 13.1. The van der Waals surface area contributed by atoms with Crippen LogP contribution >= 0.6 is 0 Å².